The van der Waals surface area contributed by atoms with Crippen molar-refractivity contribution in [3.8, 4) is 16.9 Å². The highest BCUT2D eigenvalue weighted by molar-refractivity contribution is 7.89. The molecular formula is C19H25NO4S. The van der Waals surface area contributed by atoms with Gasteiger partial charge in [0.1, 0.15) is 5.75 Å². The number of rotatable bonds is 10. The van der Waals surface area contributed by atoms with E-state index >= 15 is 0 Å². The number of aliphatic hydroxyl groups excluding tert-OH is 1. The molecule has 5 nitrogen and oxygen atoms in total. The van der Waals surface area contributed by atoms with Crippen LogP contribution in [0.25, 0.3) is 11.1 Å². The van der Waals surface area contributed by atoms with Crippen molar-refractivity contribution in [2.45, 2.75) is 31.1 Å². The van der Waals surface area contributed by atoms with Crippen molar-refractivity contribution in [2.75, 3.05) is 19.8 Å². The predicted octanol–water partition coefficient (Wildman–Crippen LogP) is 3.19. The molecule has 2 aromatic carbocycles. The number of unbranched alkanes of at least 4 members (excludes halogenated alkanes) is 2. The van der Waals surface area contributed by atoms with E-state index in [0.717, 1.165) is 23.3 Å². The first-order chi connectivity index (χ1) is 12.1. The Morgan fingerprint density at radius 2 is 1.52 bits per heavy atom. The molecule has 2 rings (SSSR count). The van der Waals surface area contributed by atoms with Gasteiger partial charge in [0.15, 0.2) is 0 Å². The molecule has 0 aromatic heterocycles. The van der Waals surface area contributed by atoms with Gasteiger partial charge in [0.25, 0.3) is 0 Å². The highest BCUT2D eigenvalue weighted by atomic mass is 32.2. The molecule has 0 saturated carbocycles. The van der Waals surface area contributed by atoms with E-state index < -0.39 is 10.0 Å². The van der Waals surface area contributed by atoms with E-state index in [1.54, 1.807) is 24.3 Å². The molecule has 0 atom stereocenters. The molecule has 0 saturated heterocycles. The van der Waals surface area contributed by atoms with E-state index in [-0.39, 0.29) is 11.5 Å². The lowest BCUT2D eigenvalue weighted by molar-refractivity contribution is 0.283. The van der Waals surface area contributed by atoms with Crippen LogP contribution in [0.2, 0.25) is 0 Å². The molecule has 0 aliphatic heterocycles. The second-order valence-electron chi connectivity index (χ2n) is 5.66. The van der Waals surface area contributed by atoms with Crippen molar-refractivity contribution in [1.82, 2.24) is 4.72 Å². The molecule has 0 unspecified atom stereocenters. The molecule has 136 valence electrons. The molecule has 6 heteroatoms. The van der Waals surface area contributed by atoms with E-state index in [9.17, 15) is 8.42 Å². The first-order valence-corrected chi connectivity index (χ1v) is 9.99. The third-order valence-corrected chi connectivity index (χ3v) is 5.27. The predicted molar refractivity (Wildman–Crippen MR) is 99.2 cm³/mol. The Balaban J connectivity index is 2.00. The molecule has 2 N–H and O–H groups in total. The smallest absolute Gasteiger partial charge is 0.240 e. The Morgan fingerprint density at radius 1 is 0.920 bits per heavy atom. The minimum absolute atomic E-state index is 0.139. The average molecular weight is 363 g/mol. The lowest BCUT2D eigenvalue weighted by atomic mass is 10.1. The van der Waals surface area contributed by atoms with Crippen molar-refractivity contribution >= 4 is 10.0 Å². The van der Waals surface area contributed by atoms with Crippen molar-refractivity contribution in [2.24, 2.45) is 0 Å². The molecule has 0 aliphatic carbocycles. The summed E-state index contributed by atoms with van der Waals surface area (Å²) in [6.45, 7) is 3.08. The zero-order chi connectivity index (χ0) is 18.1. The fourth-order valence-corrected chi connectivity index (χ4v) is 3.51. The molecule has 0 amide bonds. The summed E-state index contributed by atoms with van der Waals surface area (Å²) < 4.78 is 32.5. The molecule has 0 fully saturated rings. The van der Waals surface area contributed by atoms with Gasteiger partial charge in [0, 0.05) is 13.2 Å². The summed E-state index contributed by atoms with van der Waals surface area (Å²) in [6.07, 6.45) is 2.21. The summed E-state index contributed by atoms with van der Waals surface area (Å²) in [6, 6.07) is 14.5. The number of benzene rings is 2. The number of aliphatic hydroxyl groups is 1. The highest BCUT2D eigenvalue weighted by Crippen LogP contribution is 2.23. The average Bonchev–Trinajstić information content (AvgIpc) is 2.62. The van der Waals surface area contributed by atoms with E-state index in [1.165, 1.54) is 0 Å². The largest absolute Gasteiger partial charge is 0.494 e. The maximum absolute atomic E-state index is 12.3. The van der Waals surface area contributed by atoms with Gasteiger partial charge >= 0.3 is 0 Å². The minimum Gasteiger partial charge on any atom is -0.494 e. The van der Waals surface area contributed by atoms with E-state index in [2.05, 4.69) is 4.72 Å². The van der Waals surface area contributed by atoms with Crippen LogP contribution < -0.4 is 9.46 Å². The fourth-order valence-electron chi connectivity index (χ4n) is 2.44. The number of nitrogens with one attached hydrogen (secondary N) is 1. The van der Waals surface area contributed by atoms with Crippen molar-refractivity contribution in [3.05, 3.63) is 48.5 Å². The van der Waals surface area contributed by atoms with E-state index in [1.807, 2.05) is 31.2 Å². The van der Waals surface area contributed by atoms with E-state index in [0.29, 0.717) is 26.0 Å². The van der Waals surface area contributed by atoms with E-state index in [4.69, 9.17) is 9.84 Å². The Morgan fingerprint density at radius 3 is 2.08 bits per heavy atom. The SMILES string of the molecule is CCOc1ccc(-c2ccc(S(=O)(=O)NCCCCCO)cc2)cc1. The number of hydrogen-bond acceptors (Lipinski definition) is 4. The van der Waals surface area contributed by atoms with Gasteiger partial charge in [-0.05, 0) is 61.6 Å². The Labute approximate surface area is 149 Å². The molecule has 0 spiro atoms. The van der Waals surface area contributed by atoms with Crippen molar-refractivity contribution in [1.29, 1.82) is 0 Å². The Hall–Kier alpha value is -1.89. The molecule has 0 radical (unpaired) electrons. The number of sulfonamides is 1. The molecule has 2 aromatic rings. The fraction of sp³-hybridized carbons (Fsp3) is 0.368. The van der Waals surface area contributed by atoms with Gasteiger partial charge in [-0.15, -0.1) is 0 Å². The normalized spacial score (nSPS) is 11.4. The second-order valence-corrected chi connectivity index (χ2v) is 7.43. The molecule has 0 bridgehead atoms. The quantitative estimate of drug-likeness (QED) is 0.636. The Kier molecular flexibility index (Phi) is 7.43. The standard InChI is InChI=1S/C19H25NO4S/c1-2-24-18-10-6-16(7-11-18)17-8-12-19(13-9-17)25(22,23)20-14-4-3-5-15-21/h6-13,20-21H,2-5,14-15H2,1H3. The maximum Gasteiger partial charge on any atom is 0.240 e. The van der Waals surface area contributed by atoms with Gasteiger partial charge in [0.2, 0.25) is 10.0 Å². The van der Waals surface area contributed by atoms with Crippen LogP contribution in [-0.2, 0) is 10.0 Å². The monoisotopic (exact) mass is 363 g/mol. The summed E-state index contributed by atoms with van der Waals surface area (Å²) in [4.78, 5) is 0.254. The van der Waals surface area contributed by atoms with Crippen LogP contribution in [0.15, 0.2) is 53.4 Å². The molecule has 0 heterocycles. The Bertz CT molecular complexity index is 740. The zero-order valence-corrected chi connectivity index (χ0v) is 15.3. The van der Waals surface area contributed by atoms with Crippen LogP contribution in [-0.4, -0.2) is 33.3 Å². The third-order valence-electron chi connectivity index (χ3n) is 3.79. The van der Waals surface area contributed by atoms with Crippen LogP contribution in [0.5, 0.6) is 5.75 Å². The highest BCUT2D eigenvalue weighted by Gasteiger charge is 2.13. The third kappa shape index (κ3) is 5.85. The maximum atomic E-state index is 12.3. The summed E-state index contributed by atoms with van der Waals surface area (Å²) in [5, 5.41) is 8.72. The summed E-state index contributed by atoms with van der Waals surface area (Å²) in [5.74, 6) is 0.816. The van der Waals surface area contributed by atoms with Crippen LogP contribution in [0.4, 0.5) is 0 Å². The van der Waals surface area contributed by atoms with Gasteiger partial charge in [-0.1, -0.05) is 24.3 Å². The van der Waals surface area contributed by atoms with Crippen LogP contribution >= 0.6 is 0 Å². The van der Waals surface area contributed by atoms with Crippen LogP contribution in [0.3, 0.4) is 0 Å². The van der Waals surface area contributed by atoms with Crippen molar-refractivity contribution < 1.29 is 18.3 Å². The van der Waals surface area contributed by atoms with Crippen LogP contribution in [0.1, 0.15) is 26.2 Å². The first kappa shape index (κ1) is 19.4. The van der Waals surface area contributed by atoms with Gasteiger partial charge in [-0.2, -0.15) is 0 Å². The zero-order valence-electron chi connectivity index (χ0n) is 14.4. The van der Waals surface area contributed by atoms with Gasteiger partial charge in [-0.25, -0.2) is 13.1 Å². The number of ether oxygens (including phenoxy) is 1. The van der Waals surface area contributed by atoms with Gasteiger partial charge in [0.05, 0.1) is 11.5 Å². The molecular weight excluding hydrogens is 338 g/mol. The summed E-state index contributed by atoms with van der Waals surface area (Å²) in [7, 11) is -3.49. The van der Waals surface area contributed by atoms with Gasteiger partial charge in [-0.3, -0.25) is 0 Å². The molecule has 0 aliphatic rings. The first-order valence-electron chi connectivity index (χ1n) is 8.50. The van der Waals surface area contributed by atoms with Crippen LogP contribution in [0, 0.1) is 0 Å². The summed E-state index contributed by atoms with van der Waals surface area (Å²) in [5.41, 5.74) is 1.95. The lowest BCUT2D eigenvalue weighted by Gasteiger charge is -2.08. The van der Waals surface area contributed by atoms with Gasteiger partial charge < -0.3 is 9.84 Å². The summed E-state index contributed by atoms with van der Waals surface area (Å²) >= 11 is 0. The molecule has 25 heavy (non-hydrogen) atoms. The van der Waals surface area contributed by atoms with Crippen molar-refractivity contribution in [3.63, 3.8) is 0 Å². The lowest BCUT2D eigenvalue weighted by Crippen LogP contribution is -2.24. The second kappa shape index (κ2) is 9.56. The topological polar surface area (TPSA) is 75.6 Å². The minimum atomic E-state index is -3.49. The number of hydrogen-bond donors (Lipinski definition) is 2.